The van der Waals surface area contributed by atoms with E-state index < -0.39 is 0 Å². The number of piperidine rings is 1. The number of hydrogen-bond acceptors (Lipinski definition) is 4. The number of likely N-dealkylation sites (tertiary alicyclic amines) is 1. The molecule has 2 heterocycles. The fourth-order valence-corrected chi connectivity index (χ4v) is 3.63. The number of oxazole rings is 1. The number of aryl methyl sites for hydroxylation is 1. The van der Waals surface area contributed by atoms with Crippen molar-refractivity contribution in [2.45, 2.75) is 25.7 Å². The highest BCUT2D eigenvalue weighted by Crippen LogP contribution is 2.31. The van der Waals surface area contributed by atoms with Crippen molar-refractivity contribution in [2.24, 2.45) is 0 Å². The second-order valence-corrected chi connectivity index (χ2v) is 7.24. The number of nitrogen functional groups attached to an aromatic ring is 1. The van der Waals surface area contributed by atoms with Gasteiger partial charge in [-0.05, 0) is 55.7 Å². The van der Waals surface area contributed by atoms with Gasteiger partial charge in [0.25, 0.3) is 5.91 Å². The molecule has 0 spiro atoms. The van der Waals surface area contributed by atoms with Crippen molar-refractivity contribution in [1.82, 2.24) is 9.88 Å². The summed E-state index contributed by atoms with van der Waals surface area (Å²) in [7, 11) is 0. The predicted molar refractivity (Wildman–Crippen MR) is 117 cm³/mol. The average molecular weight is 443 g/mol. The van der Waals surface area contributed by atoms with Crippen molar-refractivity contribution in [3.05, 3.63) is 58.4 Å². The minimum absolute atomic E-state index is 0. The van der Waals surface area contributed by atoms with Crippen LogP contribution in [0, 0.1) is 6.92 Å². The van der Waals surface area contributed by atoms with Crippen LogP contribution >= 0.6 is 36.4 Å². The van der Waals surface area contributed by atoms with Crippen LogP contribution in [0.15, 0.2) is 40.8 Å². The van der Waals surface area contributed by atoms with Gasteiger partial charge in [0.15, 0.2) is 11.5 Å². The number of carbonyl (C=O) groups is 1. The van der Waals surface area contributed by atoms with Gasteiger partial charge in [-0.1, -0.05) is 17.7 Å². The lowest BCUT2D eigenvalue weighted by Gasteiger charge is -2.31. The molecule has 1 aliphatic rings. The number of fused-ring (bicyclic) bond motifs is 1. The summed E-state index contributed by atoms with van der Waals surface area (Å²) in [4.78, 5) is 19.3. The van der Waals surface area contributed by atoms with Gasteiger partial charge >= 0.3 is 0 Å². The van der Waals surface area contributed by atoms with E-state index in [1.165, 1.54) is 0 Å². The average Bonchev–Trinajstić information content (AvgIpc) is 3.06. The Hall–Kier alpha value is -1.95. The van der Waals surface area contributed by atoms with Crippen molar-refractivity contribution >= 4 is 59.1 Å². The summed E-state index contributed by atoms with van der Waals surface area (Å²) in [6, 6.07) is 10.9. The lowest BCUT2D eigenvalue weighted by molar-refractivity contribution is 0.0706. The van der Waals surface area contributed by atoms with E-state index >= 15 is 0 Å². The molecule has 2 N–H and O–H groups in total. The summed E-state index contributed by atoms with van der Waals surface area (Å²) in [5, 5.41) is 0.648. The Labute approximate surface area is 181 Å². The summed E-state index contributed by atoms with van der Waals surface area (Å²) in [6.45, 7) is 3.29. The number of halogens is 3. The molecule has 1 aliphatic heterocycles. The van der Waals surface area contributed by atoms with Crippen molar-refractivity contribution in [2.75, 3.05) is 18.8 Å². The molecule has 0 radical (unpaired) electrons. The molecular weight excluding hydrogens is 421 g/mol. The number of amides is 1. The first kappa shape index (κ1) is 22.3. The van der Waals surface area contributed by atoms with Crippen LogP contribution in [0.2, 0.25) is 5.02 Å². The Morgan fingerprint density at radius 2 is 1.89 bits per heavy atom. The molecule has 5 nitrogen and oxygen atoms in total. The molecule has 3 aromatic rings. The molecule has 1 amide bonds. The van der Waals surface area contributed by atoms with Gasteiger partial charge in [0.05, 0.1) is 0 Å². The van der Waals surface area contributed by atoms with Gasteiger partial charge < -0.3 is 15.1 Å². The molecule has 0 aliphatic carbocycles. The molecule has 0 atom stereocenters. The van der Waals surface area contributed by atoms with Gasteiger partial charge in [0, 0.05) is 35.3 Å². The maximum Gasteiger partial charge on any atom is 0.254 e. The predicted octanol–water partition coefficient (Wildman–Crippen LogP) is 5.24. The first-order valence-corrected chi connectivity index (χ1v) is 9.10. The Morgan fingerprint density at radius 1 is 1.18 bits per heavy atom. The highest BCUT2D eigenvalue weighted by atomic mass is 35.5. The zero-order valence-corrected chi connectivity index (χ0v) is 17.7. The van der Waals surface area contributed by atoms with Crippen LogP contribution in [0.4, 0.5) is 5.69 Å². The summed E-state index contributed by atoms with van der Waals surface area (Å²) in [5.41, 5.74) is 9.60. The smallest absolute Gasteiger partial charge is 0.254 e. The number of carbonyl (C=O) groups excluding carboxylic acids is 1. The standard InChI is InChI=1S/C20H20ClN3O2.2ClH/c1-12-2-4-15(22)11-16(12)20(25)24-8-6-13(7-9-24)19-23-17-10-14(21)3-5-18(17)26-19;;/h2-5,10-11,13H,6-9,22H2,1H3;2*1H. The van der Waals surface area contributed by atoms with Gasteiger partial charge in [-0.15, -0.1) is 24.8 Å². The van der Waals surface area contributed by atoms with Crippen LogP contribution < -0.4 is 5.73 Å². The van der Waals surface area contributed by atoms with Crippen molar-refractivity contribution < 1.29 is 9.21 Å². The zero-order chi connectivity index (χ0) is 18.3. The molecule has 150 valence electrons. The number of anilines is 1. The van der Waals surface area contributed by atoms with Gasteiger partial charge in [0.2, 0.25) is 0 Å². The monoisotopic (exact) mass is 441 g/mol. The lowest BCUT2D eigenvalue weighted by Crippen LogP contribution is -2.38. The first-order chi connectivity index (χ1) is 12.5. The Kier molecular flexibility index (Phi) is 7.21. The second-order valence-electron chi connectivity index (χ2n) is 6.80. The van der Waals surface area contributed by atoms with Crippen LogP contribution in [0.25, 0.3) is 11.1 Å². The fourth-order valence-electron chi connectivity index (χ4n) is 3.46. The van der Waals surface area contributed by atoms with Crippen molar-refractivity contribution in [1.29, 1.82) is 0 Å². The molecule has 8 heteroatoms. The van der Waals surface area contributed by atoms with Gasteiger partial charge in [-0.25, -0.2) is 4.98 Å². The van der Waals surface area contributed by atoms with Gasteiger partial charge in [0.1, 0.15) is 5.52 Å². The topological polar surface area (TPSA) is 72.4 Å². The Balaban J connectivity index is 0.00000140. The molecule has 2 aromatic carbocycles. The van der Waals surface area contributed by atoms with Gasteiger partial charge in [-0.3, -0.25) is 4.79 Å². The molecule has 28 heavy (non-hydrogen) atoms. The summed E-state index contributed by atoms with van der Waals surface area (Å²) in [6.07, 6.45) is 1.65. The van der Waals surface area contributed by atoms with E-state index in [9.17, 15) is 4.79 Å². The third kappa shape index (κ3) is 4.37. The van der Waals surface area contributed by atoms with E-state index in [0.717, 1.165) is 35.4 Å². The summed E-state index contributed by atoms with van der Waals surface area (Å²) >= 11 is 6.02. The van der Waals surface area contributed by atoms with Crippen LogP contribution in [-0.4, -0.2) is 28.9 Å². The maximum atomic E-state index is 12.8. The number of hydrogen-bond donors (Lipinski definition) is 1. The minimum Gasteiger partial charge on any atom is -0.440 e. The fraction of sp³-hybridized carbons (Fsp3) is 0.300. The Morgan fingerprint density at radius 3 is 2.61 bits per heavy atom. The first-order valence-electron chi connectivity index (χ1n) is 8.72. The van der Waals surface area contributed by atoms with Crippen molar-refractivity contribution in [3.63, 3.8) is 0 Å². The number of nitrogens with two attached hydrogens (primary N) is 1. The second kappa shape index (κ2) is 9.03. The normalized spacial score (nSPS) is 14.4. The molecule has 1 aromatic heterocycles. The molecule has 0 bridgehead atoms. The van der Waals surface area contributed by atoms with E-state index in [-0.39, 0.29) is 36.6 Å². The quantitative estimate of drug-likeness (QED) is 0.551. The summed E-state index contributed by atoms with van der Waals surface area (Å²) in [5.74, 6) is 0.985. The zero-order valence-electron chi connectivity index (χ0n) is 15.4. The third-order valence-electron chi connectivity index (χ3n) is 4.99. The molecule has 0 saturated carbocycles. The number of nitrogens with zero attached hydrogens (tertiary/aromatic N) is 2. The van der Waals surface area contributed by atoms with E-state index in [2.05, 4.69) is 4.98 Å². The van der Waals surface area contributed by atoms with Crippen LogP contribution in [0.3, 0.4) is 0 Å². The largest absolute Gasteiger partial charge is 0.440 e. The highest BCUT2D eigenvalue weighted by Gasteiger charge is 2.28. The van der Waals surface area contributed by atoms with E-state index in [1.807, 2.05) is 36.1 Å². The van der Waals surface area contributed by atoms with Crippen molar-refractivity contribution in [3.8, 4) is 0 Å². The SMILES string of the molecule is Cc1ccc(N)cc1C(=O)N1CCC(c2nc3cc(Cl)ccc3o2)CC1.Cl.Cl. The number of benzene rings is 2. The molecule has 0 unspecified atom stereocenters. The highest BCUT2D eigenvalue weighted by molar-refractivity contribution is 6.31. The van der Waals surface area contributed by atoms with E-state index in [0.29, 0.717) is 29.4 Å². The molecule has 1 fully saturated rings. The van der Waals surface area contributed by atoms with Crippen LogP contribution in [-0.2, 0) is 0 Å². The third-order valence-corrected chi connectivity index (χ3v) is 5.22. The lowest BCUT2D eigenvalue weighted by atomic mass is 9.95. The van der Waals surface area contributed by atoms with Gasteiger partial charge in [-0.2, -0.15) is 0 Å². The molecule has 4 rings (SSSR count). The van der Waals surface area contributed by atoms with Crippen LogP contribution in [0.1, 0.15) is 40.6 Å². The molecular formula is C20H22Cl3N3O2. The van der Waals surface area contributed by atoms with E-state index in [4.69, 9.17) is 21.8 Å². The van der Waals surface area contributed by atoms with Crippen LogP contribution in [0.5, 0.6) is 0 Å². The summed E-state index contributed by atoms with van der Waals surface area (Å²) < 4.78 is 5.89. The maximum absolute atomic E-state index is 12.8. The number of aromatic nitrogens is 1. The number of rotatable bonds is 2. The molecule has 1 saturated heterocycles. The minimum atomic E-state index is 0. The van der Waals surface area contributed by atoms with E-state index in [1.54, 1.807) is 12.1 Å². The Bertz CT molecular complexity index is 982.